The fraction of sp³-hybridized carbons (Fsp3) is 0.250. The molecule has 0 bridgehead atoms. The lowest BCUT2D eigenvalue weighted by molar-refractivity contribution is 0.596. The highest BCUT2D eigenvalue weighted by Gasteiger charge is 2.31. The van der Waals surface area contributed by atoms with Gasteiger partial charge in [-0.15, -0.1) is 0 Å². The smallest absolute Gasteiger partial charge is 0.160 e. The van der Waals surface area contributed by atoms with Gasteiger partial charge in [0, 0.05) is 11.3 Å². The summed E-state index contributed by atoms with van der Waals surface area (Å²) < 4.78 is 25.1. The summed E-state index contributed by atoms with van der Waals surface area (Å²) in [4.78, 5) is 0. The van der Waals surface area contributed by atoms with Crippen LogP contribution in [-0.2, 0) is 21.3 Å². The van der Waals surface area contributed by atoms with Crippen LogP contribution in [0, 0.1) is 6.92 Å². The second kappa shape index (κ2) is 3.58. The molecule has 2 aromatic rings. The number of aromatic nitrogens is 2. The number of fused-ring (bicyclic) bond motifs is 1. The molecule has 2 N–H and O–H groups in total. The van der Waals surface area contributed by atoms with Gasteiger partial charge in [0.1, 0.15) is 0 Å². The van der Waals surface area contributed by atoms with E-state index in [1.807, 2.05) is 19.1 Å². The molecular formula is C12H13N3O2S. The molecule has 3 rings (SSSR count). The first kappa shape index (κ1) is 11.3. The Morgan fingerprint density at radius 3 is 2.83 bits per heavy atom. The number of nitrogens with zero attached hydrogens (tertiary/aromatic N) is 2. The van der Waals surface area contributed by atoms with Gasteiger partial charge in [-0.05, 0) is 25.1 Å². The summed E-state index contributed by atoms with van der Waals surface area (Å²) in [6, 6.07) is 7.28. The molecule has 1 aliphatic heterocycles. The summed E-state index contributed by atoms with van der Waals surface area (Å²) in [6.45, 7) is 1.84. The molecule has 0 spiro atoms. The van der Waals surface area contributed by atoms with E-state index in [1.165, 1.54) is 0 Å². The monoisotopic (exact) mass is 263 g/mol. The number of hydrogen-bond acceptors (Lipinski definition) is 4. The van der Waals surface area contributed by atoms with Crippen molar-refractivity contribution in [2.75, 3.05) is 5.73 Å². The number of benzene rings is 1. The van der Waals surface area contributed by atoms with Crippen molar-refractivity contribution < 1.29 is 8.42 Å². The quantitative estimate of drug-likeness (QED) is 0.784. The second-order valence-electron chi connectivity index (χ2n) is 4.55. The van der Waals surface area contributed by atoms with E-state index >= 15 is 0 Å². The minimum Gasteiger partial charge on any atom is -0.399 e. The van der Waals surface area contributed by atoms with Crippen molar-refractivity contribution in [3.05, 3.63) is 41.2 Å². The fourth-order valence-electron chi connectivity index (χ4n) is 2.29. The van der Waals surface area contributed by atoms with Crippen molar-refractivity contribution in [2.45, 2.75) is 18.4 Å². The first-order valence-electron chi connectivity index (χ1n) is 5.60. The molecule has 0 saturated carbocycles. The minimum atomic E-state index is -3.02. The van der Waals surface area contributed by atoms with Gasteiger partial charge in [0.2, 0.25) is 0 Å². The lowest BCUT2D eigenvalue weighted by atomic mass is 10.2. The Bertz CT molecular complexity index is 732. The number of sulfone groups is 1. The molecule has 0 fully saturated rings. The van der Waals surface area contributed by atoms with Crippen LogP contribution in [0.25, 0.3) is 5.69 Å². The third-order valence-electron chi connectivity index (χ3n) is 3.13. The van der Waals surface area contributed by atoms with Crippen LogP contribution in [0.3, 0.4) is 0 Å². The van der Waals surface area contributed by atoms with E-state index in [0.29, 0.717) is 5.69 Å². The summed E-state index contributed by atoms with van der Waals surface area (Å²) in [6.07, 6.45) is 0. The van der Waals surface area contributed by atoms with Crippen LogP contribution in [0.15, 0.2) is 24.3 Å². The predicted molar refractivity (Wildman–Crippen MR) is 69.0 cm³/mol. The average molecular weight is 263 g/mol. The molecule has 1 aliphatic rings. The molecule has 0 amide bonds. The van der Waals surface area contributed by atoms with Crippen LogP contribution in [0.1, 0.15) is 17.0 Å². The van der Waals surface area contributed by atoms with Crippen molar-refractivity contribution in [3.8, 4) is 5.69 Å². The zero-order valence-corrected chi connectivity index (χ0v) is 10.7. The highest BCUT2D eigenvalue weighted by molar-refractivity contribution is 7.90. The van der Waals surface area contributed by atoms with E-state index in [0.717, 1.165) is 22.6 Å². The fourth-order valence-corrected chi connectivity index (χ4v) is 3.92. The Morgan fingerprint density at radius 1 is 1.33 bits per heavy atom. The molecule has 1 aromatic heterocycles. The summed E-state index contributed by atoms with van der Waals surface area (Å²) in [5.41, 5.74) is 9.54. The van der Waals surface area contributed by atoms with Crippen LogP contribution in [-0.4, -0.2) is 18.2 Å². The summed E-state index contributed by atoms with van der Waals surface area (Å²) >= 11 is 0. The van der Waals surface area contributed by atoms with Crippen molar-refractivity contribution in [2.24, 2.45) is 0 Å². The maximum atomic E-state index is 11.7. The van der Waals surface area contributed by atoms with Crippen LogP contribution in [0.2, 0.25) is 0 Å². The largest absolute Gasteiger partial charge is 0.399 e. The molecule has 0 saturated heterocycles. The first-order valence-corrected chi connectivity index (χ1v) is 7.42. The van der Waals surface area contributed by atoms with E-state index in [1.54, 1.807) is 16.8 Å². The lowest BCUT2D eigenvalue weighted by Crippen LogP contribution is -2.05. The molecule has 94 valence electrons. The van der Waals surface area contributed by atoms with Gasteiger partial charge >= 0.3 is 0 Å². The molecule has 0 aliphatic carbocycles. The van der Waals surface area contributed by atoms with E-state index < -0.39 is 9.84 Å². The molecule has 0 atom stereocenters. The van der Waals surface area contributed by atoms with Crippen molar-refractivity contribution in [1.82, 2.24) is 9.78 Å². The zero-order valence-electron chi connectivity index (χ0n) is 9.92. The number of nitrogen functional groups attached to an aromatic ring is 1. The third-order valence-corrected chi connectivity index (χ3v) is 4.57. The standard InChI is InChI=1S/C12H13N3O2S/c1-8-11-6-18(16,17)7-12(11)15(14-8)10-4-2-3-9(13)5-10/h2-5H,6-7,13H2,1H3. The number of nitrogens with two attached hydrogens (primary N) is 1. The van der Waals surface area contributed by atoms with Crippen LogP contribution >= 0.6 is 0 Å². The molecule has 0 unspecified atom stereocenters. The van der Waals surface area contributed by atoms with Crippen LogP contribution in [0.4, 0.5) is 5.69 Å². The Labute approximate surface area is 105 Å². The van der Waals surface area contributed by atoms with Gasteiger partial charge < -0.3 is 5.73 Å². The van der Waals surface area contributed by atoms with Gasteiger partial charge in [-0.25, -0.2) is 13.1 Å². The number of anilines is 1. The topological polar surface area (TPSA) is 78.0 Å². The molecule has 1 aromatic carbocycles. The van der Waals surface area contributed by atoms with Gasteiger partial charge in [0.25, 0.3) is 0 Å². The molecular weight excluding hydrogens is 250 g/mol. The Morgan fingerprint density at radius 2 is 2.11 bits per heavy atom. The molecule has 18 heavy (non-hydrogen) atoms. The van der Waals surface area contributed by atoms with Gasteiger partial charge in [-0.1, -0.05) is 6.07 Å². The minimum absolute atomic E-state index is 0.0535. The molecule has 6 heteroatoms. The van der Waals surface area contributed by atoms with E-state index in [4.69, 9.17) is 5.73 Å². The number of aryl methyl sites for hydroxylation is 1. The highest BCUT2D eigenvalue weighted by Crippen LogP contribution is 2.29. The first-order chi connectivity index (χ1) is 8.46. The maximum Gasteiger partial charge on any atom is 0.160 e. The second-order valence-corrected chi connectivity index (χ2v) is 6.61. The lowest BCUT2D eigenvalue weighted by Gasteiger charge is -2.05. The van der Waals surface area contributed by atoms with Gasteiger partial charge in [0.05, 0.1) is 28.6 Å². The molecule has 5 nitrogen and oxygen atoms in total. The van der Waals surface area contributed by atoms with E-state index in [9.17, 15) is 8.42 Å². The molecule has 2 heterocycles. The van der Waals surface area contributed by atoms with Crippen LogP contribution in [0.5, 0.6) is 0 Å². The van der Waals surface area contributed by atoms with Gasteiger partial charge in [0.15, 0.2) is 9.84 Å². The maximum absolute atomic E-state index is 11.7. The van der Waals surface area contributed by atoms with Crippen LogP contribution < -0.4 is 5.73 Å². The van der Waals surface area contributed by atoms with Gasteiger partial charge in [-0.3, -0.25) is 0 Å². The van der Waals surface area contributed by atoms with Crippen molar-refractivity contribution >= 4 is 15.5 Å². The number of rotatable bonds is 1. The average Bonchev–Trinajstić information content (AvgIpc) is 2.74. The Hall–Kier alpha value is -1.82. The SMILES string of the molecule is Cc1nn(-c2cccc(N)c2)c2c1CS(=O)(=O)C2. The zero-order chi connectivity index (χ0) is 12.9. The van der Waals surface area contributed by atoms with Crippen molar-refractivity contribution in [3.63, 3.8) is 0 Å². The Balaban J connectivity index is 2.19. The van der Waals surface area contributed by atoms with E-state index in [-0.39, 0.29) is 11.5 Å². The van der Waals surface area contributed by atoms with Gasteiger partial charge in [-0.2, -0.15) is 5.10 Å². The molecule has 0 radical (unpaired) electrons. The highest BCUT2D eigenvalue weighted by atomic mass is 32.2. The summed E-state index contributed by atoms with van der Waals surface area (Å²) in [7, 11) is -3.02. The third kappa shape index (κ3) is 1.69. The summed E-state index contributed by atoms with van der Waals surface area (Å²) in [5.74, 6) is 0.147. The Kier molecular flexibility index (Phi) is 2.25. The predicted octanol–water partition coefficient (Wildman–Crippen LogP) is 1.19. The summed E-state index contributed by atoms with van der Waals surface area (Å²) in [5, 5.41) is 4.41. The normalized spacial score (nSPS) is 16.7. The number of hydrogen-bond donors (Lipinski definition) is 1. The van der Waals surface area contributed by atoms with Crippen molar-refractivity contribution in [1.29, 1.82) is 0 Å². The van der Waals surface area contributed by atoms with E-state index in [2.05, 4.69) is 5.10 Å².